The zero-order valence-corrected chi connectivity index (χ0v) is 8.12. The molecule has 2 rings (SSSR count). The molecule has 0 amide bonds. The van der Waals surface area contributed by atoms with Crippen LogP contribution in [0.2, 0.25) is 0 Å². The van der Waals surface area contributed by atoms with Crippen LogP contribution in [-0.2, 0) is 6.42 Å². The van der Waals surface area contributed by atoms with E-state index in [-0.39, 0.29) is 0 Å². The summed E-state index contributed by atoms with van der Waals surface area (Å²) in [5.74, 6) is 1.27. The van der Waals surface area contributed by atoms with Gasteiger partial charge in [0.05, 0.1) is 6.33 Å². The molecule has 0 aromatic carbocycles. The Morgan fingerprint density at radius 3 is 3.07 bits per heavy atom. The van der Waals surface area contributed by atoms with Gasteiger partial charge in [0.15, 0.2) is 11.5 Å². The number of hydrogen-bond donors (Lipinski definition) is 2. The van der Waals surface area contributed by atoms with Gasteiger partial charge in [0.25, 0.3) is 0 Å². The van der Waals surface area contributed by atoms with Gasteiger partial charge < -0.3 is 10.7 Å². The number of nitrogens with two attached hydrogens (primary N) is 1. The normalized spacial score (nSPS) is 10.9. The number of aromatic nitrogens is 4. The highest BCUT2D eigenvalue weighted by Crippen LogP contribution is 2.13. The zero-order chi connectivity index (χ0) is 9.97. The number of nitrogens with zero attached hydrogens (tertiary/aromatic N) is 3. The van der Waals surface area contributed by atoms with Gasteiger partial charge in [0.2, 0.25) is 0 Å². The fourth-order valence-electron chi connectivity index (χ4n) is 1.35. The number of rotatable bonds is 3. The van der Waals surface area contributed by atoms with Crippen LogP contribution in [0.15, 0.2) is 6.33 Å². The monoisotopic (exact) mass is 191 g/mol. The van der Waals surface area contributed by atoms with E-state index in [2.05, 4.69) is 26.9 Å². The first-order chi connectivity index (χ1) is 6.81. The predicted octanol–water partition coefficient (Wildman–Crippen LogP) is 1.28. The molecule has 2 aromatic heterocycles. The number of hydrogen-bond acceptors (Lipinski definition) is 4. The van der Waals surface area contributed by atoms with Crippen LogP contribution in [0.25, 0.3) is 11.2 Å². The summed E-state index contributed by atoms with van der Waals surface area (Å²) in [6.07, 6.45) is 4.65. The lowest BCUT2D eigenvalue weighted by Gasteiger charge is -2.00. The van der Waals surface area contributed by atoms with Crippen LogP contribution in [0.3, 0.4) is 0 Å². The Hall–Kier alpha value is -1.65. The van der Waals surface area contributed by atoms with Crippen molar-refractivity contribution < 1.29 is 0 Å². The number of fused-ring (bicyclic) bond motifs is 1. The maximum Gasteiger partial charge on any atom is 0.183 e. The fraction of sp³-hybridized carbons (Fsp3) is 0.444. The molecule has 0 aliphatic carbocycles. The molecule has 2 heterocycles. The van der Waals surface area contributed by atoms with Gasteiger partial charge in [-0.1, -0.05) is 13.3 Å². The molecule has 2 aromatic rings. The van der Waals surface area contributed by atoms with Crippen LogP contribution < -0.4 is 5.73 Å². The minimum Gasteiger partial charge on any atom is -0.382 e. The van der Waals surface area contributed by atoms with Gasteiger partial charge >= 0.3 is 0 Å². The van der Waals surface area contributed by atoms with Gasteiger partial charge in [-0.15, -0.1) is 0 Å². The van der Waals surface area contributed by atoms with Crippen LogP contribution in [0.5, 0.6) is 0 Å². The van der Waals surface area contributed by atoms with E-state index >= 15 is 0 Å². The van der Waals surface area contributed by atoms with E-state index in [1.54, 1.807) is 6.33 Å². The summed E-state index contributed by atoms with van der Waals surface area (Å²) in [7, 11) is 0. The van der Waals surface area contributed by atoms with Crippen molar-refractivity contribution in [2.45, 2.75) is 26.2 Å². The third-order valence-corrected chi connectivity index (χ3v) is 2.11. The summed E-state index contributed by atoms with van der Waals surface area (Å²) in [5.41, 5.74) is 7.13. The molecule has 0 unspecified atom stereocenters. The third-order valence-electron chi connectivity index (χ3n) is 2.11. The highest BCUT2D eigenvalue weighted by molar-refractivity contribution is 5.80. The SMILES string of the molecule is CCCCc1nc(N)c2[nH]cnc2n1. The Balaban J connectivity index is 2.38. The van der Waals surface area contributed by atoms with E-state index in [1.807, 2.05) is 0 Å². The maximum atomic E-state index is 5.75. The molecule has 0 saturated heterocycles. The van der Waals surface area contributed by atoms with E-state index in [0.29, 0.717) is 11.5 Å². The summed E-state index contributed by atoms with van der Waals surface area (Å²) in [6.45, 7) is 2.14. The molecule has 0 spiro atoms. The van der Waals surface area contributed by atoms with Crippen molar-refractivity contribution in [2.75, 3.05) is 5.73 Å². The van der Waals surface area contributed by atoms with Crippen molar-refractivity contribution >= 4 is 17.0 Å². The topological polar surface area (TPSA) is 80.5 Å². The quantitative estimate of drug-likeness (QED) is 0.765. The van der Waals surface area contributed by atoms with E-state index in [4.69, 9.17) is 5.73 Å². The van der Waals surface area contributed by atoms with Crippen molar-refractivity contribution in [3.8, 4) is 0 Å². The molecule has 0 aliphatic rings. The molecule has 0 saturated carbocycles. The molecule has 74 valence electrons. The number of imidazole rings is 1. The van der Waals surface area contributed by atoms with Gasteiger partial charge in [-0.25, -0.2) is 15.0 Å². The highest BCUT2D eigenvalue weighted by atomic mass is 15.0. The molecular weight excluding hydrogens is 178 g/mol. The second-order valence-corrected chi connectivity index (χ2v) is 3.23. The second-order valence-electron chi connectivity index (χ2n) is 3.23. The molecule has 0 atom stereocenters. The maximum absolute atomic E-state index is 5.75. The predicted molar refractivity (Wildman–Crippen MR) is 54.7 cm³/mol. The number of nitrogen functional groups attached to an aromatic ring is 1. The molecule has 3 N–H and O–H groups in total. The first-order valence-corrected chi connectivity index (χ1v) is 4.76. The Kier molecular flexibility index (Phi) is 2.30. The van der Waals surface area contributed by atoms with Crippen LogP contribution in [-0.4, -0.2) is 19.9 Å². The number of unbranched alkanes of at least 4 members (excludes halogenated alkanes) is 1. The molecular formula is C9H13N5. The Morgan fingerprint density at radius 1 is 1.43 bits per heavy atom. The largest absolute Gasteiger partial charge is 0.382 e. The lowest BCUT2D eigenvalue weighted by Crippen LogP contribution is -2.00. The lowest BCUT2D eigenvalue weighted by atomic mass is 10.2. The molecule has 14 heavy (non-hydrogen) atoms. The smallest absolute Gasteiger partial charge is 0.183 e. The Morgan fingerprint density at radius 2 is 2.29 bits per heavy atom. The van der Waals surface area contributed by atoms with Crippen molar-refractivity contribution in [3.05, 3.63) is 12.2 Å². The average molecular weight is 191 g/mol. The molecule has 0 aliphatic heterocycles. The first kappa shape index (κ1) is 8.93. The molecule has 5 nitrogen and oxygen atoms in total. The minimum atomic E-state index is 0.485. The molecule has 0 fully saturated rings. The summed E-state index contributed by atoms with van der Waals surface area (Å²) in [4.78, 5) is 15.5. The summed E-state index contributed by atoms with van der Waals surface area (Å²) in [6, 6.07) is 0. The Bertz CT molecular complexity index is 434. The van der Waals surface area contributed by atoms with Gasteiger partial charge in [-0.2, -0.15) is 0 Å². The van der Waals surface area contributed by atoms with Crippen LogP contribution >= 0.6 is 0 Å². The van der Waals surface area contributed by atoms with Crippen molar-refractivity contribution in [2.24, 2.45) is 0 Å². The van der Waals surface area contributed by atoms with Crippen molar-refractivity contribution in [1.29, 1.82) is 0 Å². The average Bonchev–Trinajstić information content (AvgIpc) is 2.63. The molecule has 5 heteroatoms. The van der Waals surface area contributed by atoms with E-state index in [9.17, 15) is 0 Å². The molecule has 0 bridgehead atoms. The number of anilines is 1. The number of aryl methyl sites for hydroxylation is 1. The van der Waals surface area contributed by atoms with Gasteiger partial charge in [0.1, 0.15) is 11.3 Å². The van der Waals surface area contributed by atoms with E-state index in [0.717, 1.165) is 30.6 Å². The van der Waals surface area contributed by atoms with Crippen LogP contribution in [0, 0.1) is 0 Å². The van der Waals surface area contributed by atoms with E-state index < -0.39 is 0 Å². The van der Waals surface area contributed by atoms with E-state index in [1.165, 1.54) is 0 Å². The summed E-state index contributed by atoms with van der Waals surface area (Å²) >= 11 is 0. The number of aromatic amines is 1. The second kappa shape index (κ2) is 3.61. The van der Waals surface area contributed by atoms with Crippen LogP contribution in [0.1, 0.15) is 25.6 Å². The first-order valence-electron chi connectivity index (χ1n) is 4.76. The molecule has 0 radical (unpaired) electrons. The standard InChI is InChI=1S/C9H13N5/c1-2-3-4-6-13-8(10)7-9(14-6)12-5-11-7/h5H,2-4H2,1H3,(H3,10,11,12,13,14). The Labute approximate surface area is 81.8 Å². The minimum absolute atomic E-state index is 0.485. The van der Waals surface area contributed by atoms with Gasteiger partial charge in [-0.3, -0.25) is 0 Å². The fourth-order valence-corrected chi connectivity index (χ4v) is 1.35. The van der Waals surface area contributed by atoms with Crippen molar-refractivity contribution in [1.82, 2.24) is 19.9 Å². The summed E-state index contributed by atoms with van der Waals surface area (Å²) in [5, 5.41) is 0. The lowest BCUT2D eigenvalue weighted by molar-refractivity contribution is 0.757. The van der Waals surface area contributed by atoms with Gasteiger partial charge in [0, 0.05) is 6.42 Å². The van der Waals surface area contributed by atoms with Gasteiger partial charge in [-0.05, 0) is 6.42 Å². The number of nitrogens with one attached hydrogen (secondary N) is 1. The van der Waals surface area contributed by atoms with Crippen molar-refractivity contribution in [3.63, 3.8) is 0 Å². The van der Waals surface area contributed by atoms with Crippen LogP contribution in [0.4, 0.5) is 5.82 Å². The highest BCUT2D eigenvalue weighted by Gasteiger charge is 2.06. The zero-order valence-electron chi connectivity index (χ0n) is 8.12. The number of H-pyrrole nitrogens is 1. The summed E-state index contributed by atoms with van der Waals surface area (Å²) < 4.78 is 0. The third kappa shape index (κ3) is 1.53.